The predicted octanol–water partition coefficient (Wildman–Crippen LogP) is 1.88. The molecule has 0 radical (unpaired) electrons. The zero-order chi connectivity index (χ0) is 13.0. The molecule has 1 fully saturated rings. The van der Waals surface area contributed by atoms with E-state index >= 15 is 0 Å². The number of ether oxygens (including phenoxy) is 1. The van der Waals surface area contributed by atoms with Crippen molar-refractivity contribution < 1.29 is 9.13 Å². The fourth-order valence-electron chi connectivity index (χ4n) is 2.43. The number of likely N-dealkylation sites (tertiary alicyclic amines) is 1. The molecule has 0 amide bonds. The Hall–Kier alpha value is -1.13. The van der Waals surface area contributed by atoms with Crippen LogP contribution in [0.1, 0.15) is 12.0 Å². The topological polar surface area (TPSA) is 24.5 Å². The van der Waals surface area contributed by atoms with E-state index in [2.05, 4.69) is 17.3 Å². The zero-order valence-corrected chi connectivity index (χ0v) is 11.1. The third-order valence-electron chi connectivity index (χ3n) is 3.47. The Morgan fingerprint density at radius 3 is 2.94 bits per heavy atom. The molecule has 1 aromatic carbocycles. The van der Waals surface area contributed by atoms with Crippen molar-refractivity contribution in [3.8, 4) is 5.75 Å². The van der Waals surface area contributed by atoms with Gasteiger partial charge < -0.3 is 15.0 Å². The fourth-order valence-corrected chi connectivity index (χ4v) is 2.43. The molecule has 0 spiro atoms. The van der Waals surface area contributed by atoms with E-state index in [-0.39, 0.29) is 5.82 Å². The maximum atomic E-state index is 13.5. The summed E-state index contributed by atoms with van der Waals surface area (Å²) in [6, 6.07) is 5.11. The summed E-state index contributed by atoms with van der Waals surface area (Å²) in [5.41, 5.74) is 0.958. The minimum absolute atomic E-state index is 0.294. The van der Waals surface area contributed by atoms with Gasteiger partial charge in [-0.3, -0.25) is 0 Å². The molecule has 2 rings (SSSR count). The number of halogens is 1. The van der Waals surface area contributed by atoms with E-state index in [1.165, 1.54) is 26.1 Å². The van der Waals surface area contributed by atoms with Gasteiger partial charge in [-0.2, -0.15) is 0 Å². The molecule has 0 aromatic heterocycles. The van der Waals surface area contributed by atoms with Crippen LogP contribution in [0, 0.1) is 11.7 Å². The zero-order valence-electron chi connectivity index (χ0n) is 11.1. The summed E-state index contributed by atoms with van der Waals surface area (Å²) in [5.74, 6) is 0.728. The molecule has 1 heterocycles. The molecule has 1 aliphatic rings. The largest absolute Gasteiger partial charge is 0.494 e. The average Bonchev–Trinajstić information content (AvgIpc) is 2.75. The standard InChI is InChI=1S/C14H21FN2O/c1-17-6-5-12(10-17)9-16-8-11-3-4-14(18-2)13(15)7-11/h3-4,7,12,16H,5-6,8-10H2,1-2H3. The van der Waals surface area contributed by atoms with Gasteiger partial charge in [-0.05, 0) is 50.2 Å². The van der Waals surface area contributed by atoms with Crippen molar-refractivity contribution in [1.29, 1.82) is 0 Å². The van der Waals surface area contributed by atoms with Gasteiger partial charge in [-0.25, -0.2) is 4.39 Å². The fraction of sp³-hybridized carbons (Fsp3) is 0.571. The first-order chi connectivity index (χ1) is 8.69. The number of benzene rings is 1. The average molecular weight is 252 g/mol. The summed E-state index contributed by atoms with van der Waals surface area (Å²) in [6.07, 6.45) is 1.25. The molecule has 1 saturated heterocycles. The summed E-state index contributed by atoms with van der Waals surface area (Å²) in [5, 5.41) is 3.39. The van der Waals surface area contributed by atoms with Crippen LogP contribution in [0.3, 0.4) is 0 Å². The number of hydrogen-bond acceptors (Lipinski definition) is 3. The van der Waals surface area contributed by atoms with Crippen molar-refractivity contribution in [2.75, 3.05) is 33.8 Å². The van der Waals surface area contributed by atoms with Crippen molar-refractivity contribution in [3.63, 3.8) is 0 Å². The van der Waals surface area contributed by atoms with Crippen LogP contribution in [0.4, 0.5) is 4.39 Å². The van der Waals surface area contributed by atoms with Gasteiger partial charge in [0.2, 0.25) is 0 Å². The second-order valence-corrected chi connectivity index (χ2v) is 5.02. The first kappa shape index (κ1) is 13.3. The Kier molecular flexibility index (Phi) is 4.55. The highest BCUT2D eigenvalue weighted by Crippen LogP contribution is 2.18. The molecule has 1 N–H and O–H groups in total. The number of rotatable bonds is 5. The molecule has 1 atom stereocenters. The van der Waals surface area contributed by atoms with Crippen molar-refractivity contribution in [1.82, 2.24) is 10.2 Å². The summed E-state index contributed by atoms with van der Waals surface area (Å²) in [7, 11) is 3.63. The summed E-state index contributed by atoms with van der Waals surface area (Å²) < 4.78 is 18.4. The van der Waals surface area contributed by atoms with Gasteiger partial charge in [0.1, 0.15) is 0 Å². The van der Waals surface area contributed by atoms with Gasteiger partial charge >= 0.3 is 0 Å². The lowest BCUT2D eigenvalue weighted by molar-refractivity contribution is 0.384. The van der Waals surface area contributed by atoms with Gasteiger partial charge in [0.05, 0.1) is 7.11 Å². The molecule has 3 nitrogen and oxygen atoms in total. The molecule has 100 valence electrons. The molecular formula is C14H21FN2O. The Bertz CT molecular complexity index is 397. The normalized spacial score (nSPS) is 20.3. The van der Waals surface area contributed by atoms with Crippen LogP contribution < -0.4 is 10.1 Å². The highest BCUT2D eigenvalue weighted by Gasteiger charge is 2.18. The highest BCUT2D eigenvalue weighted by molar-refractivity contribution is 5.29. The van der Waals surface area contributed by atoms with E-state index in [4.69, 9.17) is 4.74 Å². The van der Waals surface area contributed by atoms with E-state index in [1.54, 1.807) is 6.07 Å². The smallest absolute Gasteiger partial charge is 0.165 e. The molecule has 1 unspecified atom stereocenters. The number of methoxy groups -OCH3 is 1. The van der Waals surface area contributed by atoms with E-state index < -0.39 is 0 Å². The second-order valence-electron chi connectivity index (χ2n) is 5.02. The van der Waals surface area contributed by atoms with Crippen LogP contribution in [-0.4, -0.2) is 38.7 Å². The molecule has 0 bridgehead atoms. The molecule has 1 aromatic rings. The molecular weight excluding hydrogens is 231 g/mol. The lowest BCUT2D eigenvalue weighted by atomic mass is 10.1. The number of nitrogens with zero attached hydrogens (tertiary/aromatic N) is 1. The third kappa shape index (κ3) is 3.43. The van der Waals surface area contributed by atoms with E-state index in [0.29, 0.717) is 12.3 Å². The molecule has 0 aliphatic carbocycles. The first-order valence-corrected chi connectivity index (χ1v) is 6.40. The second kappa shape index (κ2) is 6.16. The maximum Gasteiger partial charge on any atom is 0.165 e. The van der Waals surface area contributed by atoms with Crippen molar-refractivity contribution in [3.05, 3.63) is 29.6 Å². The van der Waals surface area contributed by atoms with Gasteiger partial charge in [0.15, 0.2) is 11.6 Å². The Morgan fingerprint density at radius 2 is 2.33 bits per heavy atom. The number of hydrogen-bond donors (Lipinski definition) is 1. The molecule has 18 heavy (non-hydrogen) atoms. The minimum atomic E-state index is -0.294. The van der Waals surface area contributed by atoms with Crippen LogP contribution in [0.15, 0.2) is 18.2 Å². The third-order valence-corrected chi connectivity index (χ3v) is 3.47. The summed E-state index contributed by atoms with van der Waals surface area (Å²) >= 11 is 0. The van der Waals surface area contributed by atoms with Gasteiger partial charge in [0, 0.05) is 13.1 Å². The van der Waals surface area contributed by atoms with Gasteiger partial charge in [0.25, 0.3) is 0 Å². The van der Waals surface area contributed by atoms with Crippen molar-refractivity contribution >= 4 is 0 Å². The monoisotopic (exact) mass is 252 g/mol. The minimum Gasteiger partial charge on any atom is -0.494 e. The molecule has 4 heteroatoms. The lowest BCUT2D eigenvalue weighted by Crippen LogP contribution is -2.24. The van der Waals surface area contributed by atoms with Crippen LogP contribution in [-0.2, 0) is 6.54 Å². The Balaban J connectivity index is 1.78. The SMILES string of the molecule is COc1ccc(CNCC2CCN(C)C2)cc1F. The van der Waals surface area contributed by atoms with E-state index in [0.717, 1.165) is 24.6 Å². The van der Waals surface area contributed by atoms with Crippen LogP contribution in [0.25, 0.3) is 0 Å². The van der Waals surface area contributed by atoms with Gasteiger partial charge in [-0.1, -0.05) is 6.07 Å². The summed E-state index contributed by atoms with van der Waals surface area (Å²) in [6.45, 7) is 4.05. The van der Waals surface area contributed by atoms with Crippen LogP contribution in [0.2, 0.25) is 0 Å². The first-order valence-electron chi connectivity index (χ1n) is 6.40. The van der Waals surface area contributed by atoms with E-state index in [9.17, 15) is 4.39 Å². The quantitative estimate of drug-likeness (QED) is 0.866. The van der Waals surface area contributed by atoms with Crippen molar-refractivity contribution in [2.24, 2.45) is 5.92 Å². The molecule has 1 aliphatic heterocycles. The Morgan fingerprint density at radius 1 is 1.50 bits per heavy atom. The molecule has 0 saturated carbocycles. The lowest BCUT2D eigenvalue weighted by Gasteiger charge is -2.12. The predicted molar refractivity (Wildman–Crippen MR) is 70.3 cm³/mol. The summed E-state index contributed by atoms with van der Waals surface area (Å²) in [4.78, 5) is 2.35. The van der Waals surface area contributed by atoms with Crippen molar-refractivity contribution in [2.45, 2.75) is 13.0 Å². The highest BCUT2D eigenvalue weighted by atomic mass is 19.1. The Labute approximate surface area is 108 Å². The number of nitrogens with one attached hydrogen (secondary N) is 1. The van der Waals surface area contributed by atoms with Crippen LogP contribution >= 0.6 is 0 Å². The van der Waals surface area contributed by atoms with Gasteiger partial charge in [-0.15, -0.1) is 0 Å². The van der Waals surface area contributed by atoms with Crippen LogP contribution in [0.5, 0.6) is 5.75 Å². The van der Waals surface area contributed by atoms with E-state index in [1.807, 2.05) is 6.07 Å². The maximum absolute atomic E-state index is 13.5.